The third-order valence-corrected chi connectivity index (χ3v) is 5.05. The molecule has 1 unspecified atom stereocenters. The molecule has 3 aromatic carbocycles. The van der Waals surface area contributed by atoms with E-state index in [1.165, 1.54) is 16.7 Å². The SMILES string of the molecule is BC(c1ccccc1)(c1ccccc1)C(CC)c1ccccc1. The first-order valence-electron chi connectivity index (χ1n) is 8.42. The molecule has 0 heterocycles. The predicted octanol–water partition coefficient (Wildman–Crippen LogP) is 4.76. The number of rotatable bonds is 5. The van der Waals surface area contributed by atoms with Gasteiger partial charge in [-0.3, -0.25) is 0 Å². The second kappa shape index (κ2) is 6.87. The molecule has 0 saturated heterocycles. The summed E-state index contributed by atoms with van der Waals surface area (Å²) in [5, 5.41) is -0.0430. The van der Waals surface area contributed by atoms with Crippen LogP contribution < -0.4 is 0 Å². The fourth-order valence-electron chi connectivity index (χ4n) is 3.80. The lowest BCUT2D eigenvalue weighted by atomic mass is 9.51. The smallest absolute Gasteiger partial charge is 0.0648 e. The molecular formula is C22H23B. The Bertz CT molecular complexity index is 680. The van der Waals surface area contributed by atoms with Gasteiger partial charge in [-0.2, -0.15) is 0 Å². The summed E-state index contributed by atoms with van der Waals surface area (Å²) in [4.78, 5) is 0. The Morgan fingerprint density at radius 1 is 0.696 bits per heavy atom. The van der Waals surface area contributed by atoms with Crippen molar-refractivity contribution in [1.82, 2.24) is 0 Å². The van der Waals surface area contributed by atoms with Crippen LogP contribution in [-0.2, 0) is 5.31 Å². The summed E-state index contributed by atoms with van der Waals surface area (Å²) in [5.74, 6) is 0.438. The summed E-state index contributed by atoms with van der Waals surface area (Å²) >= 11 is 0. The average molecular weight is 298 g/mol. The van der Waals surface area contributed by atoms with E-state index in [0.29, 0.717) is 5.92 Å². The number of hydrogen-bond donors (Lipinski definition) is 0. The van der Waals surface area contributed by atoms with Gasteiger partial charge in [0.1, 0.15) is 7.85 Å². The Morgan fingerprint density at radius 2 is 1.09 bits per heavy atom. The van der Waals surface area contributed by atoms with E-state index in [-0.39, 0.29) is 5.31 Å². The van der Waals surface area contributed by atoms with Gasteiger partial charge in [0.05, 0.1) is 0 Å². The summed E-state index contributed by atoms with van der Waals surface area (Å²) in [6.07, 6.45) is 1.10. The van der Waals surface area contributed by atoms with Gasteiger partial charge in [-0.1, -0.05) is 97.9 Å². The van der Waals surface area contributed by atoms with Crippen molar-refractivity contribution in [3.8, 4) is 0 Å². The minimum Gasteiger partial charge on any atom is -0.0648 e. The molecule has 0 aliphatic carbocycles. The Kier molecular flexibility index (Phi) is 4.66. The van der Waals surface area contributed by atoms with E-state index in [1.807, 2.05) is 0 Å². The highest BCUT2D eigenvalue weighted by Crippen LogP contribution is 2.43. The topological polar surface area (TPSA) is 0 Å². The second-order valence-electron chi connectivity index (χ2n) is 6.31. The lowest BCUT2D eigenvalue weighted by molar-refractivity contribution is 0.531. The van der Waals surface area contributed by atoms with Crippen molar-refractivity contribution >= 4 is 7.85 Å². The Morgan fingerprint density at radius 3 is 1.48 bits per heavy atom. The molecule has 0 amide bonds. The molecule has 3 aromatic rings. The molecule has 0 fully saturated rings. The van der Waals surface area contributed by atoms with E-state index >= 15 is 0 Å². The molecule has 0 saturated carbocycles. The van der Waals surface area contributed by atoms with Crippen LogP contribution in [0.2, 0.25) is 0 Å². The predicted molar refractivity (Wildman–Crippen MR) is 102 cm³/mol. The van der Waals surface area contributed by atoms with Crippen LogP contribution in [0.5, 0.6) is 0 Å². The molecule has 0 aliphatic heterocycles. The minimum absolute atomic E-state index is 0.0430. The summed E-state index contributed by atoms with van der Waals surface area (Å²) in [5.41, 5.74) is 4.16. The number of benzene rings is 3. The highest BCUT2D eigenvalue weighted by Gasteiger charge is 2.37. The van der Waals surface area contributed by atoms with E-state index in [2.05, 4.69) is 106 Å². The molecule has 0 bridgehead atoms. The van der Waals surface area contributed by atoms with E-state index < -0.39 is 0 Å². The van der Waals surface area contributed by atoms with E-state index in [0.717, 1.165) is 6.42 Å². The molecule has 1 heteroatoms. The van der Waals surface area contributed by atoms with Crippen molar-refractivity contribution < 1.29 is 0 Å². The van der Waals surface area contributed by atoms with Gasteiger partial charge in [-0.05, 0) is 34.3 Å². The van der Waals surface area contributed by atoms with Crippen molar-refractivity contribution in [1.29, 1.82) is 0 Å². The van der Waals surface area contributed by atoms with Crippen LogP contribution >= 0.6 is 0 Å². The minimum atomic E-state index is -0.0430. The molecule has 0 spiro atoms. The number of hydrogen-bond acceptors (Lipinski definition) is 0. The lowest BCUT2D eigenvalue weighted by Crippen LogP contribution is -2.35. The Hall–Kier alpha value is -2.28. The van der Waals surface area contributed by atoms with Crippen LogP contribution in [0.25, 0.3) is 0 Å². The maximum absolute atomic E-state index is 2.39. The van der Waals surface area contributed by atoms with Gasteiger partial charge in [0.25, 0.3) is 0 Å². The van der Waals surface area contributed by atoms with Crippen LogP contribution in [0.15, 0.2) is 91.0 Å². The van der Waals surface area contributed by atoms with Gasteiger partial charge in [-0.25, -0.2) is 0 Å². The summed E-state index contributed by atoms with van der Waals surface area (Å²) < 4.78 is 0. The monoisotopic (exact) mass is 298 g/mol. The van der Waals surface area contributed by atoms with Crippen molar-refractivity contribution in [2.75, 3.05) is 0 Å². The van der Waals surface area contributed by atoms with Crippen LogP contribution in [-0.4, -0.2) is 7.85 Å². The standard InChI is InChI=1S/C22H23B/c1-2-21(18-12-6-3-7-13-18)22(23,19-14-8-4-9-15-19)20-16-10-5-11-17-20/h3-17,21H,2,23H2,1H3. The van der Waals surface area contributed by atoms with Crippen LogP contribution in [0, 0.1) is 0 Å². The molecule has 23 heavy (non-hydrogen) atoms. The summed E-state index contributed by atoms with van der Waals surface area (Å²) in [7, 11) is 2.39. The Labute approximate surface area is 140 Å². The first-order chi connectivity index (χ1) is 11.3. The molecule has 0 aliphatic rings. The maximum Gasteiger partial charge on any atom is 0.121 e. The molecule has 3 rings (SSSR count). The lowest BCUT2D eigenvalue weighted by Gasteiger charge is -2.39. The third kappa shape index (κ3) is 2.96. The van der Waals surface area contributed by atoms with Gasteiger partial charge in [0.2, 0.25) is 0 Å². The van der Waals surface area contributed by atoms with Crippen molar-refractivity contribution in [2.24, 2.45) is 0 Å². The fourth-order valence-corrected chi connectivity index (χ4v) is 3.80. The van der Waals surface area contributed by atoms with E-state index in [9.17, 15) is 0 Å². The zero-order valence-electron chi connectivity index (χ0n) is 13.9. The van der Waals surface area contributed by atoms with Gasteiger partial charge in [-0.15, -0.1) is 0 Å². The quantitative estimate of drug-likeness (QED) is 0.596. The molecule has 0 nitrogen and oxygen atoms in total. The first kappa shape index (κ1) is 15.6. The van der Waals surface area contributed by atoms with E-state index in [4.69, 9.17) is 0 Å². The molecule has 0 radical (unpaired) electrons. The second-order valence-corrected chi connectivity index (χ2v) is 6.31. The van der Waals surface area contributed by atoms with E-state index in [1.54, 1.807) is 0 Å². The van der Waals surface area contributed by atoms with Crippen LogP contribution in [0.3, 0.4) is 0 Å². The highest BCUT2D eigenvalue weighted by atomic mass is 14.4. The van der Waals surface area contributed by atoms with Gasteiger partial charge in [0, 0.05) is 0 Å². The highest BCUT2D eigenvalue weighted by molar-refractivity contribution is 6.19. The normalized spacial score (nSPS) is 12.7. The molecule has 1 atom stereocenters. The summed E-state index contributed by atoms with van der Waals surface area (Å²) in [6, 6.07) is 32.7. The molecule has 0 N–H and O–H groups in total. The zero-order valence-corrected chi connectivity index (χ0v) is 13.9. The summed E-state index contributed by atoms with van der Waals surface area (Å²) in [6.45, 7) is 2.29. The third-order valence-electron chi connectivity index (χ3n) is 5.05. The van der Waals surface area contributed by atoms with Crippen molar-refractivity contribution in [3.05, 3.63) is 108 Å². The van der Waals surface area contributed by atoms with Crippen molar-refractivity contribution in [3.63, 3.8) is 0 Å². The fraction of sp³-hybridized carbons (Fsp3) is 0.182. The molecular weight excluding hydrogens is 275 g/mol. The van der Waals surface area contributed by atoms with Gasteiger partial charge < -0.3 is 0 Å². The first-order valence-corrected chi connectivity index (χ1v) is 8.42. The van der Waals surface area contributed by atoms with Crippen LogP contribution in [0.4, 0.5) is 0 Å². The zero-order chi connectivity index (χ0) is 16.1. The average Bonchev–Trinajstić information content (AvgIpc) is 2.64. The van der Waals surface area contributed by atoms with Crippen molar-refractivity contribution in [2.45, 2.75) is 24.6 Å². The Balaban J connectivity index is 2.19. The maximum atomic E-state index is 2.39. The van der Waals surface area contributed by atoms with Crippen LogP contribution in [0.1, 0.15) is 36.0 Å². The largest absolute Gasteiger partial charge is 0.121 e. The van der Waals surface area contributed by atoms with Gasteiger partial charge >= 0.3 is 0 Å². The molecule has 114 valence electrons. The van der Waals surface area contributed by atoms with Gasteiger partial charge in [0.15, 0.2) is 0 Å². The molecule has 0 aromatic heterocycles.